The Kier molecular flexibility index (Phi) is 6.78. The molecule has 1 nitrogen and oxygen atoms in total. The van der Waals surface area contributed by atoms with E-state index in [0.717, 1.165) is 16.6 Å². The largest absolute Gasteiger partial charge is 0.456 e. The molecule has 1 heterocycles. The molecule has 0 fully saturated rings. The fourth-order valence-corrected chi connectivity index (χ4v) is 7.64. The van der Waals surface area contributed by atoms with Gasteiger partial charge in [0, 0.05) is 16.3 Å². The molecule has 0 aliphatic rings. The van der Waals surface area contributed by atoms with Crippen molar-refractivity contribution in [2.45, 2.75) is 26.2 Å². The van der Waals surface area contributed by atoms with Gasteiger partial charge in [0.05, 0.1) is 0 Å². The van der Waals surface area contributed by atoms with E-state index in [-0.39, 0.29) is 5.41 Å². The van der Waals surface area contributed by atoms with Crippen LogP contribution in [0, 0.1) is 0 Å². The fourth-order valence-electron chi connectivity index (χ4n) is 7.64. The predicted octanol–water partition coefficient (Wildman–Crippen LogP) is 13.9. The van der Waals surface area contributed by atoms with Gasteiger partial charge < -0.3 is 4.42 Å². The van der Waals surface area contributed by atoms with Gasteiger partial charge in [0.2, 0.25) is 0 Å². The molecular weight excluding hydrogens is 593 g/mol. The Morgan fingerprint density at radius 1 is 0.347 bits per heavy atom. The number of benzene rings is 8. The van der Waals surface area contributed by atoms with Gasteiger partial charge in [0.15, 0.2) is 0 Å². The van der Waals surface area contributed by atoms with E-state index >= 15 is 0 Å². The lowest BCUT2D eigenvalue weighted by Gasteiger charge is -2.19. The summed E-state index contributed by atoms with van der Waals surface area (Å²) < 4.78 is 6.45. The molecule has 0 saturated heterocycles. The minimum Gasteiger partial charge on any atom is -0.456 e. The van der Waals surface area contributed by atoms with Crippen LogP contribution in [-0.4, -0.2) is 0 Å². The molecule has 0 atom stereocenters. The molecule has 1 aromatic heterocycles. The van der Waals surface area contributed by atoms with E-state index in [1.165, 1.54) is 77.0 Å². The number of hydrogen-bond acceptors (Lipinski definition) is 1. The molecule has 49 heavy (non-hydrogen) atoms. The van der Waals surface area contributed by atoms with Crippen LogP contribution < -0.4 is 0 Å². The first-order valence-electron chi connectivity index (χ1n) is 17.1. The maximum atomic E-state index is 6.45. The van der Waals surface area contributed by atoms with Crippen LogP contribution >= 0.6 is 0 Å². The average Bonchev–Trinajstić information content (AvgIpc) is 3.52. The van der Waals surface area contributed by atoms with E-state index in [0.29, 0.717) is 0 Å². The van der Waals surface area contributed by atoms with E-state index < -0.39 is 0 Å². The van der Waals surface area contributed by atoms with E-state index in [1.54, 1.807) is 0 Å². The zero-order chi connectivity index (χ0) is 33.1. The van der Waals surface area contributed by atoms with E-state index in [4.69, 9.17) is 4.42 Å². The maximum Gasteiger partial charge on any atom is 0.139 e. The highest BCUT2D eigenvalue weighted by Gasteiger charge is 2.21. The number of rotatable bonds is 4. The van der Waals surface area contributed by atoms with Crippen molar-refractivity contribution in [2.75, 3.05) is 0 Å². The summed E-state index contributed by atoms with van der Waals surface area (Å²) in [6, 6.07) is 59.6. The van der Waals surface area contributed by atoms with Crippen LogP contribution in [0.1, 0.15) is 26.3 Å². The smallest absolute Gasteiger partial charge is 0.139 e. The molecule has 9 aromatic rings. The van der Waals surface area contributed by atoms with Crippen LogP contribution in [0.15, 0.2) is 168 Å². The summed E-state index contributed by atoms with van der Waals surface area (Å²) in [7, 11) is 0. The van der Waals surface area contributed by atoms with Crippen LogP contribution in [0.3, 0.4) is 0 Å². The second-order valence-electron chi connectivity index (χ2n) is 14.1. The minimum atomic E-state index is -0.00106. The van der Waals surface area contributed by atoms with Gasteiger partial charge in [-0.1, -0.05) is 160 Å². The van der Waals surface area contributed by atoms with Crippen molar-refractivity contribution in [3.05, 3.63) is 169 Å². The Labute approximate surface area is 287 Å². The third-order valence-corrected chi connectivity index (χ3v) is 9.98. The first-order valence-corrected chi connectivity index (χ1v) is 17.1. The first kappa shape index (κ1) is 29.2. The zero-order valence-electron chi connectivity index (χ0n) is 28.0. The van der Waals surface area contributed by atoms with Crippen molar-refractivity contribution in [1.82, 2.24) is 0 Å². The van der Waals surface area contributed by atoms with Crippen molar-refractivity contribution < 1.29 is 4.42 Å². The van der Waals surface area contributed by atoms with Crippen molar-refractivity contribution in [3.63, 3.8) is 0 Å². The summed E-state index contributed by atoms with van der Waals surface area (Å²) in [4.78, 5) is 0. The fraction of sp³-hybridized carbons (Fsp3) is 0.0833. The molecule has 0 aliphatic carbocycles. The van der Waals surface area contributed by atoms with Gasteiger partial charge in [0.25, 0.3) is 0 Å². The van der Waals surface area contributed by atoms with Crippen LogP contribution in [0.4, 0.5) is 0 Å². The van der Waals surface area contributed by atoms with Crippen LogP contribution in [0.2, 0.25) is 0 Å². The quantitative estimate of drug-likeness (QED) is 0.177. The second kappa shape index (κ2) is 11.4. The Morgan fingerprint density at radius 2 is 0.816 bits per heavy atom. The van der Waals surface area contributed by atoms with Crippen molar-refractivity contribution >= 4 is 43.5 Å². The Bertz CT molecular complexity index is 2670. The van der Waals surface area contributed by atoms with Gasteiger partial charge in [0.1, 0.15) is 11.2 Å². The molecule has 234 valence electrons. The van der Waals surface area contributed by atoms with Crippen LogP contribution in [-0.2, 0) is 5.41 Å². The third-order valence-electron chi connectivity index (χ3n) is 9.98. The number of para-hydroxylation sites is 1. The highest BCUT2D eigenvalue weighted by atomic mass is 16.3. The minimum absolute atomic E-state index is 0.00106. The predicted molar refractivity (Wildman–Crippen MR) is 209 cm³/mol. The average molecular weight is 629 g/mol. The highest BCUT2D eigenvalue weighted by molar-refractivity contribution is 6.22. The van der Waals surface area contributed by atoms with E-state index in [2.05, 4.69) is 185 Å². The molecule has 9 rings (SSSR count). The standard InChI is InChI=1S/C48H36O/c1-48(2,3)43-23-13-22-40-41-29-36(25-27-44(41)49-47(40)43)34-19-12-18-33(28-34)35-24-26-39-42(30-35)46(32-16-8-5-9-17-32)38-21-11-10-20-37(38)45(39)31-14-6-4-7-15-31/h4-30H,1-3H3. The summed E-state index contributed by atoms with van der Waals surface area (Å²) in [5.41, 5.74) is 12.9. The topological polar surface area (TPSA) is 13.1 Å². The molecule has 1 heteroatoms. The normalized spacial score (nSPS) is 12.0. The van der Waals surface area contributed by atoms with Crippen molar-refractivity contribution in [1.29, 1.82) is 0 Å². The summed E-state index contributed by atoms with van der Waals surface area (Å²) in [5.74, 6) is 0. The SMILES string of the molecule is CC(C)(C)c1cccc2c1oc1ccc(-c3cccc(-c4ccc5c(-c6ccccc6)c6ccccc6c(-c6ccccc6)c5c4)c3)cc12. The summed E-state index contributed by atoms with van der Waals surface area (Å²) >= 11 is 0. The Balaban J connectivity index is 1.23. The van der Waals surface area contributed by atoms with Gasteiger partial charge >= 0.3 is 0 Å². The van der Waals surface area contributed by atoms with E-state index in [9.17, 15) is 0 Å². The number of furan rings is 1. The molecule has 0 radical (unpaired) electrons. The number of fused-ring (bicyclic) bond motifs is 5. The molecule has 0 saturated carbocycles. The molecule has 0 unspecified atom stereocenters. The molecule has 8 aromatic carbocycles. The highest BCUT2D eigenvalue weighted by Crippen LogP contribution is 2.45. The van der Waals surface area contributed by atoms with Crippen molar-refractivity contribution in [2.24, 2.45) is 0 Å². The lowest BCUT2D eigenvalue weighted by molar-refractivity contribution is 0.573. The van der Waals surface area contributed by atoms with E-state index in [1.807, 2.05) is 0 Å². The maximum absolute atomic E-state index is 6.45. The summed E-state index contributed by atoms with van der Waals surface area (Å²) in [6.07, 6.45) is 0. The van der Waals surface area contributed by atoms with Crippen molar-refractivity contribution in [3.8, 4) is 44.5 Å². The molecule has 0 N–H and O–H groups in total. The van der Waals surface area contributed by atoms with Gasteiger partial charge in [-0.2, -0.15) is 0 Å². The molecule has 0 spiro atoms. The monoisotopic (exact) mass is 628 g/mol. The summed E-state index contributed by atoms with van der Waals surface area (Å²) in [5, 5.41) is 7.38. The Hall–Kier alpha value is -5.92. The van der Waals surface area contributed by atoms with Crippen LogP contribution in [0.5, 0.6) is 0 Å². The molecular formula is C48H36O. The zero-order valence-corrected chi connectivity index (χ0v) is 28.0. The van der Waals surface area contributed by atoms with Crippen LogP contribution in [0.25, 0.3) is 88.0 Å². The van der Waals surface area contributed by atoms with Gasteiger partial charge in [-0.15, -0.1) is 0 Å². The molecule has 0 bridgehead atoms. The van der Waals surface area contributed by atoms with Gasteiger partial charge in [-0.05, 0) is 95.7 Å². The first-order chi connectivity index (χ1) is 23.9. The molecule has 0 amide bonds. The lowest BCUT2D eigenvalue weighted by atomic mass is 9.84. The second-order valence-corrected chi connectivity index (χ2v) is 14.1. The van der Waals surface area contributed by atoms with Gasteiger partial charge in [-0.3, -0.25) is 0 Å². The number of hydrogen-bond donors (Lipinski definition) is 0. The molecule has 0 aliphatic heterocycles. The Morgan fingerprint density at radius 3 is 1.45 bits per heavy atom. The lowest BCUT2D eigenvalue weighted by Crippen LogP contribution is -2.10. The third kappa shape index (κ3) is 4.93. The van der Waals surface area contributed by atoms with Gasteiger partial charge in [-0.25, -0.2) is 0 Å². The summed E-state index contributed by atoms with van der Waals surface area (Å²) in [6.45, 7) is 6.73.